The van der Waals surface area contributed by atoms with E-state index in [1.54, 1.807) is 0 Å². The number of hydrogen-bond acceptors (Lipinski definition) is 1. The first-order valence-electron chi connectivity index (χ1n) is 2.67. The van der Waals surface area contributed by atoms with Gasteiger partial charge in [0, 0.05) is 0 Å². The maximum Gasteiger partial charge on any atom is 0.388 e. The van der Waals surface area contributed by atoms with Crippen LogP contribution in [0.2, 0.25) is 0 Å². The minimum Gasteiger partial charge on any atom is -0.410 e. The summed E-state index contributed by atoms with van der Waals surface area (Å²) < 4.78 is 84.1. The van der Waals surface area contributed by atoms with Crippen LogP contribution < -0.4 is 0 Å². The van der Waals surface area contributed by atoms with Crippen LogP contribution in [-0.4, -0.2) is 5.31 Å². The van der Waals surface area contributed by atoms with E-state index in [1.165, 1.54) is 0 Å². The summed E-state index contributed by atoms with van der Waals surface area (Å²) in [4.78, 5) is 0. The molecule has 0 N–H and O–H groups in total. The van der Waals surface area contributed by atoms with Crippen LogP contribution in [0, 0.1) is 0 Å². The van der Waals surface area contributed by atoms with Gasteiger partial charge in [0.15, 0.2) is 0 Å². The molecule has 1 nitrogen and oxygen atoms in total. The number of ether oxygens (including phenoxy) is 1. The van der Waals surface area contributed by atoms with Crippen molar-refractivity contribution in [2.75, 3.05) is 0 Å². The summed E-state index contributed by atoms with van der Waals surface area (Å²) in [6.45, 7) is 0. The molecule has 0 aliphatic heterocycles. The molecule has 0 radical (unpaired) electrons. The van der Waals surface area contributed by atoms with E-state index < -0.39 is 29.3 Å². The molecule has 0 aromatic carbocycles. The maximum atomic E-state index is 12.4. The zero-order valence-electron chi connectivity index (χ0n) is 5.93. The zero-order chi connectivity index (χ0) is 11.5. The second-order valence-corrected chi connectivity index (χ2v) is 2.21. The first kappa shape index (κ1) is 13.1. The molecule has 0 bridgehead atoms. The molecule has 82 valence electrons. The van der Waals surface area contributed by atoms with Crippen molar-refractivity contribution in [1.29, 1.82) is 0 Å². The van der Waals surface area contributed by atoms with Gasteiger partial charge in [0.2, 0.25) is 0 Å². The van der Waals surface area contributed by atoms with E-state index in [2.05, 4.69) is 16.3 Å². The summed E-state index contributed by atoms with van der Waals surface area (Å²) in [7, 11) is 0. The number of hydrogen-bond donors (Lipinski definition) is 0. The Hall–Kier alpha value is -0.920. The zero-order valence-corrected chi connectivity index (χ0v) is 6.69. The molecule has 1 atom stereocenters. The summed E-state index contributed by atoms with van der Waals surface area (Å²) in [5.74, 6) is -3.00. The van der Waals surface area contributed by atoms with Crippen molar-refractivity contribution in [3.05, 3.63) is 24.0 Å². The fourth-order valence-corrected chi connectivity index (χ4v) is 0.445. The summed E-state index contributed by atoms with van der Waals surface area (Å²) >= 11 is 4.21. The lowest BCUT2D eigenvalue weighted by molar-refractivity contribution is -0.0589. The Kier molecular flexibility index (Phi) is 4.24. The largest absolute Gasteiger partial charge is 0.410 e. The summed E-state index contributed by atoms with van der Waals surface area (Å²) in [6.07, 6.45) is -6.42. The molecule has 0 heterocycles. The molecule has 0 fully saturated rings. The van der Waals surface area contributed by atoms with Crippen LogP contribution in [0.4, 0.5) is 30.7 Å². The third-order valence-electron chi connectivity index (χ3n) is 0.788. The predicted molar refractivity (Wildman–Crippen MR) is 31.5 cm³/mol. The van der Waals surface area contributed by atoms with E-state index in [1.807, 2.05) is 0 Å². The van der Waals surface area contributed by atoms with Gasteiger partial charge in [-0.2, -0.15) is 30.7 Å². The van der Waals surface area contributed by atoms with Gasteiger partial charge < -0.3 is 4.74 Å². The van der Waals surface area contributed by atoms with Gasteiger partial charge in [0.05, 0.1) is 0 Å². The summed E-state index contributed by atoms with van der Waals surface area (Å²) in [6, 6.07) is -2.89. The molecule has 0 amide bonds. The van der Waals surface area contributed by atoms with Crippen LogP contribution in [-0.2, 0) is 4.74 Å². The Morgan fingerprint density at radius 1 is 0.929 bits per heavy atom. The standard InChI is InChI=1S/C5ClF7O/c6-5(13,1(7)2(8)9)14-4(12)3(10)11. The molecule has 1 unspecified atom stereocenters. The van der Waals surface area contributed by atoms with Gasteiger partial charge >= 0.3 is 23.5 Å². The van der Waals surface area contributed by atoms with Crippen molar-refractivity contribution in [2.45, 2.75) is 5.31 Å². The van der Waals surface area contributed by atoms with E-state index in [4.69, 9.17) is 0 Å². The van der Waals surface area contributed by atoms with Crippen LogP contribution in [0.5, 0.6) is 0 Å². The Balaban J connectivity index is 4.85. The first-order chi connectivity index (χ1) is 6.18. The van der Waals surface area contributed by atoms with E-state index in [-0.39, 0.29) is 0 Å². The number of rotatable bonds is 3. The third kappa shape index (κ3) is 3.44. The Labute approximate surface area is 77.4 Å². The van der Waals surface area contributed by atoms with Crippen LogP contribution in [0.25, 0.3) is 0 Å². The highest BCUT2D eigenvalue weighted by molar-refractivity contribution is 6.23. The van der Waals surface area contributed by atoms with Crippen LogP contribution in [0.15, 0.2) is 24.0 Å². The van der Waals surface area contributed by atoms with Crippen molar-refractivity contribution in [3.8, 4) is 0 Å². The SMILES string of the molecule is FC(F)=C(F)OC(F)(Cl)C(F)=C(F)F. The van der Waals surface area contributed by atoms with Gasteiger partial charge in [-0.3, -0.25) is 0 Å². The van der Waals surface area contributed by atoms with Gasteiger partial charge in [0.1, 0.15) is 0 Å². The second-order valence-electron chi connectivity index (χ2n) is 1.73. The quantitative estimate of drug-likeness (QED) is 0.414. The van der Waals surface area contributed by atoms with E-state index in [9.17, 15) is 30.7 Å². The minimum atomic E-state index is -4.49. The van der Waals surface area contributed by atoms with E-state index >= 15 is 0 Å². The number of alkyl halides is 2. The molecule has 0 aromatic heterocycles. The smallest absolute Gasteiger partial charge is 0.388 e. The topological polar surface area (TPSA) is 9.23 Å². The summed E-state index contributed by atoms with van der Waals surface area (Å²) in [5.41, 5.74) is 0. The molecule has 0 saturated heterocycles. The molecule has 0 aromatic rings. The lowest BCUT2D eigenvalue weighted by Crippen LogP contribution is -2.19. The monoisotopic (exact) mass is 244 g/mol. The second kappa shape index (κ2) is 4.54. The number of halogens is 8. The normalized spacial score (nSPS) is 14.3. The summed E-state index contributed by atoms with van der Waals surface area (Å²) in [5, 5.41) is -4.49. The van der Waals surface area contributed by atoms with Crippen molar-refractivity contribution in [2.24, 2.45) is 0 Å². The van der Waals surface area contributed by atoms with Gasteiger partial charge in [-0.25, -0.2) is 0 Å². The molecule has 0 rings (SSSR count). The average molecular weight is 244 g/mol. The van der Waals surface area contributed by atoms with E-state index in [0.29, 0.717) is 0 Å². The predicted octanol–water partition coefficient (Wildman–Crippen LogP) is 3.98. The Bertz CT molecular complexity index is 276. The molecular weight excluding hydrogens is 244 g/mol. The Morgan fingerprint density at radius 2 is 1.36 bits per heavy atom. The van der Waals surface area contributed by atoms with Gasteiger partial charge in [0.25, 0.3) is 5.83 Å². The average Bonchev–Trinajstić information content (AvgIpc) is 2.01. The van der Waals surface area contributed by atoms with Crippen LogP contribution >= 0.6 is 11.6 Å². The van der Waals surface area contributed by atoms with Gasteiger partial charge in [-0.15, -0.1) is 0 Å². The maximum absolute atomic E-state index is 12.4. The van der Waals surface area contributed by atoms with Crippen molar-refractivity contribution >= 4 is 11.6 Å². The van der Waals surface area contributed by atoms with Crippen LogP contribution in [0.3, 0.4) is 0 Å². The third-order valence-corrected chi connectivity index (χ3v) is 1.03. The van der Waals surface area contributed by atoms with E-state index in [0.717, 1.165) is 0 Å². The van der Waals surface area contributed by atoms with Crippen molar-refractivity contribution in [3.63, 3.8) is 0 Å². The highest BCUT2D eigenvalue weighted by atomic mass is 35.5. The molecule has 0 aliphatic carbocycles. The Morgan fingerprint density at radius 3 is 1.64 bits per heavy atom. The molecule has 0 aliphatic rings. The van der Waals surface area contributed by atoms with Gasteiger partial charge in [-0.05, 0) is 11.6 Å². The lowest BCUT2D eigenvalue weighted by atomic mass is 10.6. The van der Waals surface area contributed by atoms with Gasteiger partial charge in [-0.1, -0.05) is 0 Å². The van der Waals surface area contributed by atoms with Crippen molar-refractivity contribution in [1.82, 2.24) is 0 Å². The lowest BCUT2D eigenvalue weighted by Gasteiger charge is -2.14. The molecule has 0 saturated carbocycles. The molecule has 14 heavy (non-hydrogen) atoms. The minimum absolute atomic E-state index is 2.77. The van der Waals surface area contributed by atoms with Crippen LogP contribution in [0.1, 0.15) is 0 Å². The molecular formula is C5ClF7O. The fourth-order valence-electron chi connectivity index (χ4n) is 0.306. The highest BCUT2D eigenvalue weighted by Gasteiger charge is 2.41. The highest BCUT2D eigenvalue weighted by Crippen LogP contribution is 2.35. The molecule has 0 spiro atoms. The first-order valence-corrected chi connectivity index (χ1v) is 3.05. The fraction of sp³-hybridized carbons (Fsp3) is 0.200. The molecule has 9 heteroatoms. The van der Waals surface area contributed by atoms with Crippen molar-refractivity contribution < 1.29 is 35.5 Å².